The van der Waals surface area contributed by atoms with Crippen molar-refractivity contribution in [3.05, 3.63) is 50.3 Å². The molecule has 0 saturated heterocycles. The average Bonchev–Trinajstić information content (AvgIpc) is 3.07. The van der Waals surface area contributed by atoms with Crippen LogP contribution in [0, 0.1) is 6.92 Å². The summed E-state index contributed by atoms with van der Waals surface area (Å²) in [4.78, 5) is 43.8. The number of methoxy groups -OCH3 is 1. The molecule has 0 radical (unpaired) electrons. The minimum Gasteiger partial charge on any atom is -0.495 e. The molecule has 8 nitrogen and oxygen atoms in total. The standard InChI is InChI=1S/C22H24ClN3O5S/c1-6-15(19(27)25-14-9-13(23)7-8-16(14)30-5)26-10-24-20-17(21(26)28)12(4)18(32-20)22(29)31-11(2)3/h7-11,15H,6H2,1-5H3,(H,25,27). The lowest BCUT2D eigenvalue weighted by Crippen LogP contribution is -2.33. The highest BCUT2D eigenvalue weighted by molar-refractivity contribution is 7.20. The number of carbonyl (C=O) groups is 2. The summed E-state index contributed by atoms with van der Waals surface area (Å²) in [5.74, 6) is -0.464. The Kier molecular flexibility index (Phi) is 7.20. The molecule has 0 aliphatic heterocycles. The van der Waals surface area contributed by atoms with E-state index in [1.807, 2.05) is 0 Å². The van der Waals surface area contributed by atoms with Gasteiger partial charge in [0.15, 0.2) is 0 Å². The van der Waals surface area contributed by atoms with E-state index in [0.29, 0.717) is 43.5 Å². The Bertz CT molecular complexity index is 1230. The molecule has 1 atom stereocenters. The van der Waals surface area contributed by atoms with Crippen molar-refractivity contribution in [3.8, 4) is 5.75 Å². The van der Waals surface area contributed by atoms with Gasteiger partial charge in [0.2, 0.25) is 5.91 Å². The van der Waals surface area contributed by atoms with Crippen molar-refractivity contribution < 1.29 is 19.1 Å². The van der Waals surface area contributed by atoms with Gasteiger partial charge in [-0.05, 0) is 51.0 Å². The molecular formula is C22H24ClN3O5S. The van der Waals surface area contributed by atoms with Gasteiger partial charge in [-0.3, -0.25) is 14.2 Å². The number of benzene rings is 1. The molecule has 10 heteroatoms. The number of aryl methyl sites for hydroxylation is 1. The van der Waals surface area contributed by atoms with Crippen LogP contribution in [0.25, 0.3) is 10.2 Å². The van der Waals surface area contributed by atoms with Crippen LogP contribution in [0.15, 0.2) is 29.3 Å². The molecule has 3 rings (SSSR count). The van der Waals surface area contributed by atoms with E-state index < -0.39 is 23.5 Å². The number of anilines is 1. The van der Waals surface area contributed by atoms with Crippen molar-refractivity contribution in [2.24, 2.45) is 0 Å². The zero-order valence-corrected chi connectivity index (χ0v) is 20.0. The first kappa shape index (κ1) is 23.7. The summed E-state index contributed by atoms with van der Waals surface area (Å²) >= 11 is 7.15. The Morgan fingerprint density at radius 1 is 1.31 bits per heavy atom. The lowest BCUT2D eigenvalue weighted by molar-refractivity contribution is -0.119. The van der Waals surface area contributed by atoms with Crippen molar-refractivity contribution in [2.45, 2.75) is 46.3 Å². The highest BCUT2D eigenvalue weighted by atomic mass is 35.5. The number of nitrogens with zero attached hydrogens (tertiary/aromatic N) is 2. The first-order valence-corrected chi connectivity index (χ1v) is 11.2. The summed E-state index contributed by atoms with van der Waals surface area (Å²) in [5.41, 5.74) is 0.498. The number of aromatic nitrogens is 2. The zero-order valence-electron chi connectivity index (χ0n) is 18.4. The molecule has 1 amide bonds. The third-order valence-electron chi connectivity index (χ3n) is 4.85. The van der Waals surface area contributed by atoms with Crippen LogP contribution in [0.1, 0.15) is 48.5 Å². The summed E-state index contributed by atoms with van der Waals surface area (Å²) in [6.07, 6.45) is 1.39. The van der Waals surface area contributed by atoms with Crippen LogP contribution < -0.4 is 15.6 Å². The number of halogens is 1. The van der Waals surface area contributed by atoms with Gasteiger partial charge in [0.05, 0.1) is 30.6 Å². The molecule has 2 heterocycles. The molecule has 1 aromatic carbocycles. The van der Waals surface area contributed by atoms with Crippen LogP contribution in [0.5, 0.6) is 5.75 Å². The maximum absolute atomic E-state index is 13.3. The number of thiophene rings is 1. The van der Waals surface area contributed by atoms with Gasteiger partial charge in [0, 0.05) is 5.02 Å². The normalized spacial score (nSPS) is 12.1. The topological polar surface area (TPSA) is 99.5 Å². The molecule has 2 aromatic heterocycles. The van der Waals surface area contributed by atoms with Gasteiger partial charge < -0.3 is 14.8 Å². The molecule has 3 aromatic rings. The van der Waals surface area contributed by atoms with Crippen molar-refractivity contribution in [2.75, 3.05) is 12.4 Å². The quantitative estimate of drug-likeness (QED) is 0.500. The first-order chi connectivity index (χ1) is 15.2. The van der Waals surface area contributed by atoms with Crippen molar-refractivity contribution >= 4 is 50.7 Å². The fraction of sp³-hybridized carbons (Fsp3) is 0.364. The molecule has 32 heavy (non-hydrogen) atoms. The summed E-state index contributed by atoms with van der Waals surface area (Å²) in [5, 5.41) is 3.52. The fourth-order valence-corrected chi connectivity index (χ4v) is 4.52. The van der Waals surface area contributed by atoms with Gasteiger partial charge in [0.25, 0.3) is 5.56 Å². The third-order valence-corrected chi connectivity index (χ3v) is 6.26. The van der Waals surface area contributed by atoms with Gasteiger partial charge >= 0.3 is 5.97 Å². The Morgan fingerprint density at radius 3 is 2.66 bits per heavy atom. The maximum atomic E-state index is 13.3. The van der Waals surface area contributed by atoms with Crippen LogP contribution in [0.4, 0.5) is 5.69 Å². The zero-order chi connectivity index (χ0) is 23.6. The summed E-state index contributed by atoms with van der Waals surface area (Å²) in [6.45, 7) is 6.99. The van der Waals surface area contributed by atoms with E-state index in [9.17, 15) is 14.4 Å². The maximum Gasteiger partial charge on any atom is 0.348 e. The number of ether oxygens (including phenoxy) is 2. The van der Waals surface area contributed by atoms with E-state index in [2.05, 4.69) is 10.3 Å². The molecule has 1 unspecified atom stereocenters. The van der Waals surface area contributed by atoms with Crippen LogP contribution in [-0.2, 0) is 9.53 Å². The molecule has 0 fully saturated rings. The Morgan fingerprint density at radius 2 is 2.03 bits per heavy atom. The van der Waals surface area contributed by atoms with Crippen molar-refractivity contribution in [1.82, 2.24) is 9.55 Å². The number of nitrogens with one attached hydrogen (secondary N) is 1. The van der Waals surface area contributed by atoms with Crippen LogP contribution in [0.3, 0.4) is 0 Å². The monoisotopic (exact) mass is 477 g/mol. The highest BCUT2D eigenvalue weighted by Crippen LogP contribution is 2.30. The summed E-state index contributed by atoms with van der Waals surface area (Å²) in [6, 6.07) is 4.04. The van der Waals surface area contributed by atoms with Crippen molar-refractivity contribution in [1.29, 1.82) is 0 Å². The number of amides is 1. The molecule has 1 N–H and O–H groups in total. The van der Waals surface area contributed by atoms with E-state index in [0.717, 1.165) is 11.3 Å². The fourth-order valence-electron chi connectivity index (χ4n) is 3.32. The molecular weight excluding hydrogens is 454 g/mol. The number of esters is 1. The number of fused-ring (bicyclic) bond motifs is 1. The van der Waals surface area contributed by atoms with Crippen LogP contribution >= 0.6 is 22.9 Å². The lowest BCUT2D eigenvalue weighted by Gasteiger charge is -2.18. The molecule has 0 aliphatic carbocycles. The van der Waals surface area contributed by atoms with Crippen molar-refractivity contribution in [3.63, 3.8) is 0 Å². The highest BCUT2D eigenvalue weighted by Gasteiger charge is 2.26. The Hall–Kier alpha value is -2.91. The van der Waals surface area contributed by atoms with Crippen LogP contribution in [0.2, 0.25) is 5.02 Å². The molecule has 0 spiro atoms. The van der Waals surface area contributed by atoms with Gasteiger partial charge in [0.1, 0.15) is 21.5 Å². The molecule has 0 saturated carbocycles. The minimum absolute atomic E-state index is 0.284. The van der Waals surface area contributed by atoms with Gasteiger partial charge in [-0.2, -0.15) is 0 Å². The minimum atomic E-state index is -0.826. The Labute approximate surface area is 194 Å². The SMILES string of the molecule is CCC(C(=O)Nc1cc(Cl)ccc1OC)n1cnc2sc(C(=O)OC(C)C)c(C)c2c1=O. The second kappa shape index (κ2) is 9.70. The van der Waals surface area contributed by atoms with Gasteiger partial charge in [-0.25, -0.2) is 9.78 Å². The van der Waals surface area contributed by atoms with E-state index in [1.54, 1.807) is 45.9 Å². The lowest BCUT2D eigenvalue weighted by atomic mass is 10.1. The first-order valence-electron chi connectivity index (χ1n) is 10.0. The Balaban J connectivity index is 2.00. The van der Waals surface area contributed by atoms with Gasteiger partial charge in [-0.15, -0.1) is 11.3 Å². The van der Waals surface area contributed by atoms with Gasteiger partial charge in [-0.1, -0.05) is 18.5 Å². The predicted molar refractivity (Wildman–Crippen MR) is 125 cm³/mol. The summed E-state index contributed by atoms with van der Waals surface area (Å²) in [7, 11) is 1.49. The van der Waals surface area contributed by atoms with Crippen LogP contribution in [-0.4, -0.2) is 34.6 Å². The van der Waals surface area contributed by atoms with E-state index in [4.69, 9.17) is 21.1 Å². The number of hydrogen-bond acceptors (Lipinski definition) is 7. The third kappa shape index (κ3) is 4.63. The number of rotatable bonds is 7. The second-order valence-electron chi connectivity index (χ2n) is 7.41. The second-order valence-corrected chi connectivity index (χ2v) is 8.84. The predicted octanol–water partition coefficient (Wildman–Crippen LogP) is 4.58. The molecule has 0 bridgehead atoms. The van der Waals surface area contributed by atoms with E-state index in [1.165, 1.54) is 18.0 Å². The smallest absolute Gasteiger partial charge is 0.348 e. The summed E-state index contributed by atoms with van der Waals surface area (Å²) < 4.78 is 11.8. The molecule has 0 aliphatic rings. The number of hydrogen-bond donors (Lipinski definition) is 1. The number of carbonyl (C=O) groups excluding carboxylic acids is 2. The largest absolute Gasteiger partial charge is 0.495 e. The molecule has 170 valence electrons. The average molecular weight is 478 g/mol. The van der Waals surface area contributed by atoms with E-state index >= 15 is 0 Å². The van der Waals surface area contributed by atoms with E-state index in [-0.39, 0.29) is 6.10 Å².